The van der Waals surface area contributed by atoms with Crippen molar-refractivity contribution < 1.29 is 0 Å². The Hall–Kier alpha value is 0.450. The highest BCUT2D eigenvalue weighted by molar-refractivity contribution is 14.1. The number of thioether (sulfide) groups is 1. The van der Waals surface area contributed by atoms with Crippen molar-refractivity contribution >= 4 is 46.0 Å². The Balaban J connectivity index is 2.86. The normalized spacial score (nSPS) is 11.1. The van der Waals surface area contributed by atoms with E-state index in [1.165, 1.54) is 6.42 Å². The molecule has 5 heteroatoms. The van der Waals surface area contributed by atoms with E-state index in [0.29, 0.717) is 11.1 Å². The van der Waals surface area contributed by atoms with E-state index < -0.39 is 0 Å². The van der Waals surface area contributed by atoms with Gasteiger partial charge in [0.05, 0.1) is 15.0 Å². The predicted molar refractivity (Wildman–Crippen MR) is 80.3 cm³/mol. The molecule has 0 atom stereocenters. The van der Waals surface area contributed by atoms with Crippen molar-refractivity contribution in [1.29, 1.82) is 0 Å². The van der Waals surface area contributed by atoms with Crippen LogP contribution >= 0.6 is 46.0 Å². The second kappa shape index (κ2) is 7.01. The number of hydrogen-bond acceptors (Lipinski definition) is 3. The van der Waals surface area contributed by atoms with Crippen LogP contribution in [0, 0.1) is 3.57 Å². The maximum Gasteiger partial charge on any atom is 0.146 e. The lowest BCUT2D eigenvalue weighted by Gasteiger charge is -2.10. The van der Waals surface area contributed by atoms with Crippen molar-refractivity contribution in [2.45, 2.75) is 38.9 Å². The number of rotatable bonds is 5. The van der Waals surface area contributed by atoms with Crippen LogP contribution in [0.3, 0.4) is 0 Å². The minimum absolute atomic E-state index is 0.391. The molecule has 0 fully saturated rings. The monoisotopic (exact) mass is 370 g/mol. The molecule has 0 amide bonds. The van der Waals surface area contributed by atoms with Gasteiger partial charge in [-0.3, -0.25) is 0 Å². The lowest BCUT2D eigenvalue weighted by atomic mass is 10.1. The molecule has 16 heavy (non-hydrogen) atoms. The SMILES string of the molecule is CCCSCc1nc(Cl)c(I)c(C(C)C)n1. The third kappa shape index (κ3) is 4.04. The molecule has 0 aliphatic carbocycles. The Bertz CT molecular complexity index is 358. The average Bonchev–Trinajstić information content (AvgIpc) is 2.23. The van der Waals surface area contributed by atoms with Gasteiger partial charge in [0.1, 0.15) is 11.0 Å². The molecule has 0 aliphatic rings. The van der Waals surface area contributed by atoms with Crippen molar-refractivity contribution in [3.8, 4) is 0 Å². The summed E-state index contributed by atoms with van der Waals surface area (Å²) in [6.45, 7) is 6.43. The summed E-state index contributed by atoms with van der Waals surface area (Å²) in [5.74, 6) is 3.24. The second-order valence-electron chi connectivity index (χ2n) is 3.84. The first-order chi connectivity index (χ1) is 7.56. The molecule has 0 N–H and O–H groups in total. The Morgan fingerprint density at radius 2 is 2.06 bits per heavy atom. The fourth-order valence-electron chi connectivity index (χ4n) is 1.24. The Morgan fingerprint density at radius 3 is 2.62 bits per heavy atom. The number of halogens is 2. The standard InChI is InChI=1S/C11H16ClIN2S/c1-4-5-16-6-8-14-10(7(2)3)9(13)11(12)15-8/h7H,4-6H2,1-3H3. The van der Waals surface area contributed by atoms with Gasteiger partial charge >= 0.3 is 0 Å². The third-order valence-electron chi connectivity index (χ3n) is 2.01. The van der Waals surface area contributed by atoms with Crippen molar-refractivity contribution in [3.63, 3.8) is 0 Å². The van der Waals surface area contributed by atoms with Crippen LogP contribution in [0.15, 0.2) is 0 Å². The van der Waals surface area contributed by atoms with Crippen LogP contribution in [0.25, 0.3) is 0 Å². The Kier molecular flexibility index (Phi) is 6.36. The number of aromatic nitrogens is 2. The molecule has 0 unspecified atom stereocenters. The highest BCUT2D eigenvalue weighted by atomic mass is 127. The fourth-order valence-corrected chi connectivity index (χ4v) is 3.04. The molecule has 0 saturated carbocycles. The fraction of sp³-hybridized carbons (Fsp3) is 0.636. The van der Waals surface area contributed by atoms with Crippen molar-refractivity contribution in [2.75, 3.05) is 5.75 Å². The molecule has 0 aliphatic heterocycles. The van der Waals surface area contributed by atoms with Gasteiger partial charge in [-0.25, -0.2) is 9.97 Å². The molecule has 1 rings (SSSR count). The van der Waals surface area contributed by atoms with Crippen molar-refractivity contribution in [1.82, 2.24) is 9.97 Å². The Labute approximate surface area is 120 Å². The van der Waals surface area contributed by atoms with Crippen molar-refractivity contribution in [2.24, 2.45) is 0 Å². The first-order valence-corrected chi connectivity index (χ1v) is 7.97. The molecule has 0 spiro atoms. The zero-order valence-electron chi connectivity index (χ0n) is 9.76. The highest BCUT2D eigenvalue weighted by Crippen LogP contribution is 2.25. The summed E-state index contributed by atoms with van der Waals surface area (Å²) in [6.07, 6.45) is 1.18. The van der Waals surface area contributed by atoms with Gasteiger partial charge in [-0.2, -0.15) is 11.8 Å². The zero-order chi connectivity index (χ0) is 12.1. The summed E-state index contributed by atoms with van der Waals surface area (Å²) in [5.41, 5.74) is 1.06. The number of hydrogen-bond donors (Lipinski definition) is 0. The topological polar surface area (TPSA) is 25.8 Å². The molecule has 0 aromatic carbocycles. The number of nitrogens with zero attached hydrogens (tertiary/aromatic N) is 2. The molecule has 2 nitrogen and oxygen atoms in total. The van der Waals surface area contributed by atoms with Gasteiger partial charge in [-0.1, -0.05) is 32.4 Å². The molecule has 90 valence electrons. The summed E-state index contributed by atoms with van der Waals surface area (Å²) in [6, 6.07) is 0. The molecule has 0 bridgehead atoms. The third-order valence-corrected chi connectivity index (χ3v) is 4.82. The maximum atomic E-state index is 6.11. The van der Waals surface area contributed by atoms with Crippen LogP contribution < -0.4 is 0 Å². The van der Waals surface area contributed by atoms with Gasteiger partial charge in [0, 0.05) is 0 Å². The molecule has 1 aromatic heterocycles. The van der Waals surface area contributed by atoms with E-state index in [-0.39, 0.29) is 0 Å². The first kappa shape index (κ1) is 14.5. The predicted octanol–water partition coefficient (Wildman–Crippen LogP) is 4.50. The zero-order valence-corrected chi connectivity index (χ0v) is 13.5. The van der Waals surface area contributed by atoms with E-state index in [0.717, 1.165) is 26.6 Å². The minimum atomic E-state index is 0.391. The lowest BCUT2D eigenvalue weighted by molar-refractivity contribution is 0.790. The van der Waals surface area contributed by atoms with E-state index in [1.807, 2.05) is 11.8 Å². The van der Waals surface area contributed by atoms with Gasteiger partial charge < -0.3 is 0 Å². The summed E-state index contributed by atoms with van der Waals surface area (Å²) < 4.78 is 0.985. The van der Waals surface area contributed by atoms with Crippen LogP contribution in [0.1, 0.15) is 44.6 Å². The molecular formula is C11H16ClIN2S. The van der Waals surface area contributed by atoms with E-state index in [4.69, 9.17) is 11.6 Å². The second-order valence-corrected chi connectivity index (χ2v) is 6.38. The smallest absolute Gasteiger partial charge is 0.146 e. The van der Waals surface area contributed by atoms with Crippen LogP contribution in [0.2, 0.25) is 5.15 Å². The van der Waals surface area contributed by atoms with Gasteiger partial charge in [0.25, 0.3) is 0 Å². The van der Waals surface area contributed by atoms with Crippen LogP contribution in [-0.4, -0.2) is 15.7 Å². The summed E-state index contributed by atoms with van der Waals surface area (Å²) in [5, 5.41) is 0.589. The highest BCUT2D eigenvalue weighted by Gasteiger charge is 2.13. The maximum absolute atomic E-state index is 6.11. The molecule has 1 aromatic rings. The molecular weight excluding hydrogens is 355 g/mol. The Morgan fingerprint density at radius 1 is 1.38 bits per heavy atom. The van der Waals surface area contributed by atoms with Gasteiger partial charge in [-0.15, -0.1) is 0 Å². The van der Waals surface area contributed by atoms with E-state index >= 15 is 0 Å². The van der Waals surface area contributed by atoms with E-state index in [1.54, 1.807) is 0 Å². The van der Waals surface area contributed by atoms with Gasteiger partial charge in [-0.05, 0) is 40.7 Å². The van der Waals surface area contributed by atoms with Crippen molar-refractivity contribution in [3.05, 3.63) is 20.2 Å². The van der Waals surface area contributed by atoms with Crippen LogP contribution in [0.5, 0.6) is 0 Å². The molecule has 0 saturated heterocycles. The summed E-state index contributed by atoms with van der Waals surface area (Å²) in [4.78, 5) is 8.89. The largest absolute Gasteiger partial charge is 0.236 e. The quantitative estimate of drug-likeness (QED) is 0.433. The summed E-state index contributed by atoms with van der Waals surface area (Å²) >= 11 is 10.2. The molecule has 0 radical (unpaired) electrons. The average molecular weight is 371 g/mol. The minimum Gasteiger partial charge on any atom is -0.236 e. The van der Waals surface area contributed by atoms with Crippen LogP contribution in [-0.2, 0) is 5.75 Å². The van der Waals surface area contributed by atoms with E-state index in [2.05, 4.69) is 53.3 Å². The van der Waals surface area contributed by atoms with Gasteiger partial charge in [0.2, 0.25) is 0 Å². The lowest BCUT2D eigenvalue weighted by Crippen LogP contribution is -2.04. The van der Waals surface area contributed by atoms with Crippen LogP contribution in [0.4, 0.5) is 0 Å². The summed E-state index contributed by atoms with van der Waals surface area (Å²) in [7, 11) is 0. The molecule has 1 heterocycles. The first-order valence-electron chi connectivity index (χ1n) is 5.35. The van der Waals surface area contributed by atoms with Gasteiger partial charge in [0.15, 0.2) is 0 Å². The van der Waals surface area contributed by atoms with E-state index in [9.17, 15) is 0 Å².